The summed E-state index contributed by atoms with van der Waals surface area (Å²) in [6.07, 6.45) is 0.363. The van der Waals surface area contributed by atoms with Crippen molar-refractivity contribution in [1.29, 1.82) is 0 Å². The molecule has 0 amide bonds. The summed E-state index contributed by atoms with van der Waals surface area (Å²) in [5.74, 6) is 1.54. The van der Waals surface area contributed by atoms with Crippen LogP contribution in [0.25, 0.3) is 0 Å². The van der Waals surface area contributed by atoms with Crippen LogP contribution < -0.4 is 9.47 Å². The van der Waals surface area contributed by atoms with E-state index in [1.807, 2.05) is 12.1 Å². The summed E-state index contributed by atoms with van der Waals surface area (Å²) < 4.78 is 15.7. The van der Waals surface area contributed by atoms with Gasteiger partial charge in [-0.05, 0) is 24.1 Å². The Morgan fingerprint density at radius 2 is 1.88 bits per heavy atom. The van der Waals surface area contributed by atoms with E-state index in [4.69, 9.17) is 14.2 Å². The summed E-state index contributed by atoms with van der Waals surface area (Å²) in [5.41, 5.74) is 0.816. The first kappa shape index (κ1) is 12.2. The molecule has 0 radical (unpaired) electrons. The predicted octanol–water partition coefficient (Wildman–Crippen LogP) is 1.77. The van der Waals surface area contributed by atoms with Crippen LogP contribution >= 0.6 is 0 Å². The highest BCUT2D eigenvalue weighted by Crippen LogP contribution is 2.33. The zero-order valence-electron chi connectivity index (χ0n) is 10.2. The molecule has 94 valence electrons. The summed E-state index contributed by atoms with van der Waals surface area (Å²) >= 11 is 0. The smallest absolute Gasteiger partial charge is 0.122 e. The summed E-state index contributed by atoms with van der Waals surface area (Å²) in [4.78, 5) is 0. The number of aliphatic hydroxyl groups is 1. The van der Waals surface area contributed by atoms with E-state index in [9.17, 15) is 5.11 Å². The maximum Gasteiger partial charge on any atom is 0.122 e. The molecule has 0 saturated carbocycles. The van der Waals surface area contributed by atoms with E-state index in [-0.39, 0.29) is 5.92 Å². The highest BCUT2D eigenvalue weighted by atomic mass is 16.5. The Labute approximate surface area is 101 Å². The minimum Gasteiger partial charge on any atom is -0.497 e. The Kier molecular flexibility index (Phi) is 3.86. The lowest BCUT2D eigenvalue weighted by Crippen LogP contribution is -2.12. The molecule has 0 bridgehead atoms. The van der Waals surface area contributed by atoms with Crippen LogP contribution in [0.15, 0.2) is 18.2 Å². The van der Waals surface area contributed by atoms with E-state index in [0.29, 0.717) is 18.1 Å². The Morgan fingerprint density at radius 3 is 2.35 bits per heavy atom. The molecule has 0 spiro atoms. The molecule has 1 aromatic rings. The van der Waals surface area contributed by atoms with Gasteiger partial charge in [-0.25, -0.2) is 0 Å². The van der Waals surface area contributed by atoms with Crippen LogP contribution in [0.3, 0.4) is 0 Å². The van der Waals surface area contributed by atoms with Gasteiger partial charge in [-0.2, -0.15) is 0 Å². The maximum atomic E-state index is 10.3. The highest BCUT2D eigenvalue weighted by molar-refractivity contribution is 5.39. The van der Waals surface area contributed by atoms with Crippen molar-refractivity contribution in [1.82, 2.24) is 0 Å². The summed E-state index contributed by atoms with van der Waals surface area (Å²) in [5, 5.41) is 10.3. The molecule has 0 aliphatic carbocycles. The number of methoxy groups -OCH3 is 2. The highest BCUT2D eigenvalue weighted by Gasteiger charge is 2.26. The zero-order chi connectivity index (χ0) is 12.3. The third-order valence-corrected chi connectivity index (χ3v) is 3.13. The second kappa shape index (κ2) is 5.38. The number of rotatable bonds is 4. The minimum absolute atomic E-state index is 0.159. The molecule has 17 heavy (non-hydrogen) atoms. The van der Waals surface area contributed by atoms with Gasteiger partial charge >= 0.3 is 0 Å². The molecule has 1 fully saturated rings. The lowest BCUT2D eigenvalue weighted by molar-refractivity contribution is 0.0914. The molecule has 1 saturated heterocycles. The van der Waals surface area contributed by atoms with Crippen LogP contribution in [0.4, 0.5) is 0 Å². The van der Waals surface area contributed by atoms with Gasteiger partial charge in [0, 0.05) is 18.6 Å². The van der Waals surface area contributed by atoms with Gasteiger partial charge in [0.25, 0.3) is 0 Å². The molecule has 4 heteroatoms. The lowest BCUT2D eigenvalue weighted by atomic mass is 9.95. The molecule has 1 aliphatic rings. The fraction of sp³-hybridized carbons (Fsp3) is 0.538. The molecule has 1 N–H and O–H groups in total. The van der Waals surface area contributed by atoms with Crippen LogP contribution in [0.5, 0.6) is 11.5 Å². The SMILES string of the molecule is COc1cc(OC)cc(C(O)C2CCOC2)c1. The van der Waals surface area contributed by atoms with Gasteiger partial charge in [0.2, 0.25) is 0 Å². The van der Waals surface area contributed by atoms with Crippen molar-refractivity contribution in [3.63, 3.8) is 0 Å². The topological polar surface area (TPSA) is 47.9 Å². The zero-order valence-corrected chi connectivity index (χ0v) is 10.2. The predicted molar refractivity (Wildman–Crippen MR) is 63.4 cm³/mol. The van der Waals surface area contributed by atoms with Crippen molar-refractivity contribution in [2.45, 2.75) is 12.5 Å². The third-order valence-electron chi connectivity index (χ3n) is 3.13. The average Bonchev–Trinajstić information content (AvgIpc) is 2.91. The van der Waals surface area contributed by atoms with E-state index >= 15 is 0 Å². The first-order valence-electron chi connectivity index (χ1n) is 5.73. The van der Waals surface area contributed by atoms with Crippen molar-refractivity contribution in [3.8, 4) is 11.5 Å². The second-order valence-electron chi connectivity index (χ2n) is 4.21. The fourth-order valence-corrected chi connectivity index (χ4v) is 2.07. The van der Waals surface area contributed by atoms with Crippen LogP contribution in [0, 0.1) is 5.92 Å². The average molecular weight is 238 g/mol. The molecule has 2 rings (SSSR count). The van der Waals surface area contributed by atoms with Gasteiger partial charge in [0.15, 0.2) is 0 Å². The molecular formula is C13H18O4. The Bertz CT molecular complexity index is 349. The largest absolute Gasteiger partial charge is 0.497 e. The van der Waals surface area contributed by atoms with Gasteiger partial charge in [0.05, 0.1) is 26.9 Å². The maximum absolute atomic E-state index is 10.3. The number of aliphatic hydroxyl groups excluding tert-OH is 1. The van der Waals surface area contributed by atoms with E-state index in [1.54, 1.807) is 20.3 Å². The molecule has 1 heterocycles. The van der Waals surface area contributed by atoms with Gasteiger partial charge in [-0.3, -0.25) is 0 Å². The monoisotopic (exact) mass is 238 g/mol. The third kappa shape index (κ3) is 2.70. The number of hydrogen-bond acceptors (Lipinski definition) is 4. The van der Waals surface area contributed by atoms with Crippen molar-refractivity contribution in [2.24, 2.45) is 5.92 Å². The molecule has 2 atom stereocenters. The molecular weight excluding hydrogens is 220 g/mol. The molecule has 1 aliphatic heterocycles. The van der Waals surface area contributed by atoms with Gasteiger partial charge in [0.1, 0.15) is 11.5 Å². The van der Waals surface area contributed by atoms with E-state index in [0.717, 1.165) is 18.6 Å². The van der Waals surface area contributed by atoms with Crippen LogP contribution in [-0.2, 0) is 4.74 Å². The molecule has 4 nitrogen and oxygen atoms in total. The van der Waals surface area contributed by atoms with Crippen LogP contribution in [0.2, 0.25) is 0 Å². The molecule has 1 aromatic carbocycles. The first-order chi connectivity index (χ1) is 8.24. The van der Waals surface area contributed by atoms with E-state index < -0.39 is 6.10 Å². The summed E-state index contributed by atoms with van der Waals surface area (Å²) in [6, 6.07) is 5.47. The number of hydrogen-bond donors (Lipinski definition) is 1. The van der Waals surface area contributed by atoms with E-state index in [1.165, 1.54) is 0 Å². The van der Waals surface area contributed by atoms with Crippen molar-refractivity contribution in [3.05, 3.63) is 23.8 Å². The Hall–Kier alpha value is -1.26. The van der Waals surface area contributed by atoms with Gasteiger partial charge in [-0.15, -0.1) is 0 Å². The van der Waals surface area contributed by atoms with Crippen LogP contribution in [-0.4, -0.2) is 32.5 Å². The van der Waals surface area contributed by atoms with Crippen molar-refractivity contribution in [2.75, 3.05) is 27.4 Å². The summed E-state index contributed by atoms with van der Waals surface area (Å²) in [7, 11) is 3.20. The lowest BCUT2D eigenvalue weighted by Gasteiger charge is -2.18. The van der Waals surface area contributed by atoms with Gasteiger partial charge in [-0.1, -0.05) is 0 Å². The summed E-state index contributed by atoms with van der Waals surface area (Å²) in [6.45, 7) is 1.34. The van der Waals surface area contributed by atoms with Crippen molar-refractivity contribution >= 4 is 0 Å². The first-order valence-corrected chi connectivity index (χ1v) is 5.73. The second-order valence-corrected chi connectivity index (χ2v) is 4.21. The molecule has 2 unspecified atom stereocenters. The van der Waals surface area contributed by atoms with E-state index in [2.05, 4.69) is 0 Å². The Morgan fingerprint density at radius 1 is 1.24 bits per heavy atom. The van der Waals surface area contributed by atoms with Crippen molar-refractivity contribution < 1.29 is 19.3 Å². The normalized spacial score (nSPS) is 21.2. The van der Waals surface area contributed by atoms with Gasteiger partial charge < -0.3 is 19.3 Å². The minimum atomic E-state index is -0.526. The Balaban J connectivity index is 2.23. The standard InChI is InChI=1S/C13H18O4/c1-15-11-5-10(6-12(7-11)16-2)13(14)9-3-4-17-8-9/h5-7,9,13-14H,3-4,8H2,1-2H3. The molecule has 0 aromatic heterocycles. The van der Waals surface area contributed by atoms with Crippen LogP contribution in [0.1, 0.15) is 18.1 Å². The number of ether oxygens (including phenoxy) is 3. The number of benzene rings is 1. The fourth-order valence-electron chi connectivity index (χ4n) is 2.07. The quantitative estimate of drug-likeness (QED) is 0.868.